The van der Waals surface area contributed by atoms with Crippen LogP contribution in [0.2, 0.25) is 0 Å². The monoisotopic (exact) mass is 603 g/mol. The molecular weight excluding hydrogens is 585 g/mol. The largest absolute Gasteiger partial charge is 0.468 e. The molecule has 1 aliphatic carbocycles. The van der Waals surface area contributed by atoms with Gasteiger partial charge in [-0.3, -0.25) is 19.7 Å². The van der Waals surface area contributed by atoms with Crippen molar-refractivity contribution in [3.63, 3.8) is 0 Å². The molecule has 186 valence electrons. The Bertz CT molecular complexity index is 1200. The molecule has 0 amide bonds. The van der Waals surface area contributed by atoms with Crippen molar-refractivity contribution >= 4 is 63.7 Å². The fraction of sp³-hybridized carbons (Fsp3) is 0.286. The molecule has 1 aliphatic rings. The Morgan fingerprint density at radius 2 is 1.29 bits per heavy atom. The van der Waals surface area contributed by atoms with E-state index in [1.54, 1.807) is 22.6 Å². The van der Waals surface area contributed by atoms with Gasteiger partial charge in [0.1, 0.15) is 0 Å². The van der Waals surface area contributed by atoms with Gasteiger partial charge in [0, 0.05) is 21.3 Å². The van der Waals surface area contributed by atoms with Crippen LogP contribution in [0.15, 0.2) is 34.9 Å². The van der Waals surface area contributed by atoms with E-state index >= 15 is 0 Å². The molecule has 0 heterocycles. The SMILES string of the molecule is COC(=O)C1=C(C(=O)OC)C(C(=O)OC)(C(=O)OC)C(c2ccc([N+](=O)[O-])cc2I)=C1C(=O)OC. The number of carbonyl (C=O) groups is 5. The van der Waals surface area contributed by atoms with Crippen molar-refractivity contribution in [2.24, 2.45) is 5.41 Å². The highest BCUT2D eigenvalue weighted by molar-refractivity contribution is 14.1. The number of hydrogen-bond acceptors (Lipinski definition) is 12. The van der Waals surface area contributed by atoms with E-state index < -0.39 is 62.5 Å². The van der Waals surface area contributed by atoms with Gasteiger partial charge in [0.2, 0.25) is 5.41 Å². The zero-order valence-corrected chi connectivity index (χ0v) is 21.1. The van der Waals surface area contributed by atoms with Gasteiger partial charge < -0.3 is 23.7 Å². The lowest BCUT2D eigenvalue weighted by molar-refractivity contribution is -0.384. The lowest BCUT2D eigenvalue weighted by atomic mass is 9.73. The van der Waals surface area contributed by atoms with E-state index in [0.717, 1.165) is 53.7 Å². The summed E-state index contributed by atoms with van der Waals surface area (Å²) in [6.07, 6.45) is 0. The van der Waals surface area contributed by atoms with Gasteiger partial charge in [-0.25, -0.2) is 14.4 Å². The number of carbonyl (C=O) groups excluding carboxylic acids is 5. The minimum atomic E-state index is -2.86. The second-order valence-electron chi connectivity index (χ2n) is 6.63. The van der Waals surface area contributed by atoms with Crippen LogP contribution in [0.3, 0.4) is 0 Å². The lowest BCUT2D eigenvalue weighted by Crippen LogP contribution is -2.45. The molecule has 0 aliphatic heterocycles. The van der Waals surface area contributed by atoms with Crippen molar-refractivity contribution in [1.29, 1.82) is 0 Å². The van der Waals surface area contributed by atoms with Crippen molar-refractivity contribution < 1.29 is 52.6 Å². The molecular formula is C21H18INO12. The van der Waals surface area contributed by atoms with Crippen LogP contribution >= 0.6 is 22.6 Å². The summed E-state index contributed by atoms with van der Waals surface area (Å²) in [5.41, 5.74) is -6.26. The molecule has 0 spiro atoms. The molecule has 0 unspecified atom stereocenters. The van der Waals surface area contributed by atoms with E-state index in [2.05, 4.69) is 0 Å². The van der Waals surface area contributed by atoms with Gasteiger partial charge in [0.25, 0.3) is 5.69 Å². The standard InChI is InChI=1S/C21H18INO12/c1-31-16(24)12-13(17(25)32-2)15(18(26)33-3)21(19(27)34-4,20(28)35-5)14(12)10-7-6-9(23(29)30)8-11(10)22/h6-8H,1-5H3. The minimum absolute atomic E-state index is 0.0701. The molecule has 14 heteroatoms. The van der Waals surface area contributed by atoms with Gasteiger partial charge in [-0.05, 0) is 34.2 Å². The first kappa shape index (κ1) is 27.4. The smallest absolute Gasteiger partial charge is 0.339 e. The topological polar surface area (TPSA) is 175 Å². The molecule has 0 saturated carbocycles. The van der Waals surface area contributed by atoms with Crippen LogP contribution in [0.5, 0.6) is 0 Å². The molecule has 0 radical (unpaired) electrons. The maximum absolute atomic E-state index is 13.3. The van der Waals surface area contributed by atoms with Gasteiger partial charge in [-0.15, -0.1) is 0 Å². The number of rotatable bonds is 7. The van der Waals surface area contributed by atoms with Gasteiger partial charge in [0.05, 0.1) is 57.2 Å². The third-order valence-corrected chi connectivity index (χ3v) is 5.98. The van der Waals surface area contributed by atoms with Crippen molar-refractivity contribution in [1.82, 2.24) is 0 Å². The summed E-state index contributed by atoms with van der Waals surface area (Å²) in [5.74, 6) is -6.68. The molecule has 0 aromatic heterocycles. The summed E-state index contributed by atoms with van der Waals surface area (Å²) in [6.45, 7) is 0. The first-order chi connectivity index (χ1) is 16.5. The number of ether oxygens (including phenoxy) is 5. The highest BCUT2D eigenvalue weighted by Gasteiger charge is 2.65. The summed E-state index contributed by atoms with van der Waals surface area (Å²) < 4.78 is 24.0. The van der Waals surface area contributed by atoms with Gasteiger partial charge in [0.15, 0.2) is 0 Å². The van der Waals surface area contributed by atoms with E-state index in [1.165, 1.54) is 0 Å². The average Bonchev–Trinajstić information content (AvgIpc) is 3.18. The maximum Gasteiger partial charge on any atom is 0.339 e. The quantitative estimate of drug-likeness (QED) is 0.109. The zero-order valence-electron chi connectivity index (χ0n) is 19.0. The fourth-order valence-electron chi connectivity index (χ4n) is 3.67. The number of non-ortho nitro benzene ring substituents is 1. The van der Waals surface area contributed by atoms with Crippen molar-refractivity contribution in [2.75, 3.05) is 35.5 Å². The molecule has 0 bridgehead atoms. The summed E-state index contributed by atoms with van der Waals surface area (Å²) in [5, 5.41) is 11.2. The molecule has 0 saturated heterocycles. The Morgan fingerprint density at radius 3 is 1.69 bits per heavy atom. The van der Waals surface area contributed by atoms with Crippen LogP contribution in [0, 0.1) is 19.1 Å². The van der Waals surface area contributed by atoms with Crippen LogP contribution in [0.4, 0.5) is 5.69 Å². The molecule has 0 N–H and O–H groups in total. The second-order valence-corrected chi connectivity index (χ2v) is 7.79. The Morgan fingerprint density at radius 1 is 0.800 bits per heavy atom. The summed E-state index contributed by atoms with van der Waals surface area (Å²) in [7, 11) is 4.60. The number of nitro benzene ring substituents is 1. The van der Waals surface area contributed by atoms with Crippen LogP contribution in [-0.2, 0) is 47.7 Å². The molecule has 1 aromatic carbocycles. The van der Waals surface area contributed by atoms with Crippen LogP contribution < -0.4 is 0 Å². The number of esters is 5. The fourth-order valence-corrected chi connectivity index (χ4v) is 4.44. The zero-order chi connectivity index (χ0) is 26.7. The van der Waals surface area contributed by atoms with E-state index in [0.29, 0.717) is 0 Å². The van der Waals surface area contributed by atoms with Gasteiger partial charge in [-0.2, -0.15) is 0 Å². The summed E-state index contributed by atoms with van der Waals surface area (Å²) in [6, 6.07) is 3.26. The number of halogens is 1. The van der Waals surface area contributed by atoms with Gasteiger partial charge >= 0.3 is 29.8 Å². The van der Waals surface area contributed by atoms with Crippen molar-refractivity contribution in [3.8, 4) is 0 Å². The number of nitro groups is 1. The summed E-state index contributed by atoms with van der Waals surface area (Å²) in [4.78, 5) is 76.1. The average molecular weight is 603 g/mol. The number of hydrogen-bond donors (Lipinski definition) is 0. The van der Waals surface area contributed by atoms with Crippen molar-refractivity contribution in [2.45, 2.75) is 0 Å². The number of nitrogens with zero attached hydrogens (tertiary/aromatic N) is 1. The molecule has 35 heavy (non-hydrogen) atoms. The minimum Gasteiger partial charge on any atom is -0.468 e. The molecule has 13 nitrogen and oxygen atoms in total. The number of methoxy groups -OCH3 is 5. The predicted molar refractivity (Wildman–Crippen MR) is 122 cm³/mol. The van der Waals surface area contributed by atoms with Crippen LogP contribution in [0.25, 0.3) is 5.57 Å². The Kier molecular flexibility index (Phi) is 8.33. The second kappa shape index (κ2) is 10.6. The first-order valence-corrected chi connectivity index (χ1v) is 10.4. The Hall–Kier alpha value is -3.82. The normalized spacial score (nSPS) is 14.2. The van der Waals surface area contributed by atoms with Crippen molar-refractivity contribution in [3.05, 3.63) is 54.2 Å². The summed E-state index contributed by atoms with van der Waals surface area (Å²) >= 11 is 1.66. The van der Waals surface area contributed by atoms with E-state index in [9.17, 15) is 34.1 Å². The van der Waals surface area contributed by atoms with Crippen LogP contribution in [0.1, 0.15) is 5.56 Å². The van der Waals surface area contributed by atoms with E-state index in [-0.39, 0.29) is 14.8 Å². The molecule has 0 atom stereocenters. The third kappa shape index (κ3) is 4.24. The molecule has 0 fully saturated rings. The number of benzene rings is 1. The van der Waals surface area contributed by atoms with Gasteiger partial charge in [-0.1, -0.05) is 0 Å². The predicted octanol–water partition coefficient (Wildman–Crippen LogP) is 1.11. The maximum atomic E-state index is 13.3. The third-order valence-electron chi connectivity index (χ3n) is 5.08. The van der Waals surface area contributed by atoms with E-state index in [1.807, 2.05) is 0 Å². The Labute approximate surface area is 211 Å². The molecule has 2 rings (SSSR count). The Balaban J connectivity index is 3.30. The lowest BCUT2D eigenvalue weighted by Gasteiger charge is -2.29. The van der Waals surface area contributed by atoms with E-state index in [4.69, 9.17) is 23.7 Å². The highest BCUT2D eigenvalue weighted by atomic mass is 127. The van der Waals surface area contributed by atoms with Crippen LogP contribution in [-0.4, -0.2) is 70.3 Å². The molecule has 1 aromatic rings. The first-order valence-electron chi connectivity index (χ1n) is 9.35. The highest BCUT2D eigenvalue weighted by Crippen LogP contribution is 2.55.